The molecule has 4 heterocycles. The second kappa shape index (κ2) is 32.5. The van der Waals surface area contributed by atoms with Gasteiger partial charge in [-0.2, -0.15) is 0 Å². The minimum atomic E-state index is -1.97. The van der Waals surface area contributed by atoms with Gasteiger partial charge in [-0.1, -0.05) is 146 Å². The molecule has 24 nitrogen and oxygen atoms in total. The molecule has 520 valence electrons. The molecule has 4 saturated heterocycles. The minimum Gasteiger partial charge on any atom is -0.459 e. The first kappa shape index (κ1) is 70.1. The monoisotopic (exact) mass is 1380 g/mol. The number of hydrogen-bond donors (Lipinski definition) is 1. The van der Waals surface area contributed by atoms with Crippen LogP contribution in [-0.4, -0.2) is 171 Å². The molecule has 24 heteroatoms. The van der Waals surface area contributed by atoms with Crippen LogP contribution in [0.5, 0.6) is 0 Å². The first-order valence-corrected chi connectivity index (χ1v) is 32.3. The maximum Gasteiger partial charge on any atom is 0.338 e. The zero-order valence-corrected chi connectivity index (χ0v) is 54.2. The van der Waals surface area contributed by atoms with Crippen molar-refractivity contribution in [2.45, 2.75) is 112 Å². The first-order valence-electron chi connectivity index (χ1n) is 32.3. The van der Waals surface area contributed by atoms with Crippen LogP contribution in [0.15, 0.2) is 243 Å². The zero-order chi connectivity index (χ0) is 70.4. The highest BCUT2D eigenvalue weighted by atomic mass is 16.9. The van der Waals surface area contributed by atoms with E-state index in [-0.39, 0.29) is 44.5 Å². The highest BCUT2D eigenvalue weighted by Gasteiger charge is 2.62. The molecule has 12 rings (SSSR count). The van der Waals surface area contributed by atoms with E-state index in [1.165, 1.54) is 97.1 Å². The number of rotatable bonds is 24. The highest BCUT2D eigenvalue weighted by molar-refractivity contribution is 5.93. The van der Waals surface area contributed by atoms with Crippen LogP contribution in [0.3, 0.4) is 0 Å². The van der Waals surface area contributed by atoms with Gasteiger partial charge >= 0.3 is 47.8 Å². The van der Waals surface area contributed by atoms with Gasteiger partial charge in [-0.05, 0) is 111 Å². The molecule has 4 aliphatic rings. The lowest BCUT2D eigenvalue weighted by Crippen LogP contribution is -2.64. The summed E-state index contributed by atoms with van der Waals surface area (Å²) in [6.07, 6.45) is -26.1. The molecule has 0 radical (unpaired) electrons. The Balaban J connectivity index is 0.916. The van der Waals surface area contributed by atoms with Crippen molar-refractivity contribution in [3.05, 3.63) is 287 Å². The van der Waals surface area contributed by atoms with E-state index in [0.29, 0.717) is 0 Å². The maximum atomic E-state index is 14.6. The molecule has 9 unspecified atom stereocenters. The van der Waals surface area contributed by atoms with Crippen molar-refractivity contribution in [1.29, 1.82) is 0 Å². The summed E-state index contributed by atoms with van der Waals surface area (Å²) in [5.74, 6) is -8.96. The van der Waals surface area contributed by atoms with Crippen molar-refractivity contribution < 1.29 is 115 Å². The molecule has 8 aromatic carbocycles. The number of carbonyl (C=O) groups excluding carboxylic acids is 8. The summed E-state index contributed by atoms with van der Waals surface area (Å²) in [7, 11) is 0. The van der Waals surface area contributed by atoms with Crippen LogP contribution in [0, 0.1) is 0 Å². The van der Waals surface area contributed by atoms with Gasteiger partial charge in [0.15, 0.2) is 61.3 Å². The quantitative estimate of drug-likeness (QED) is 0.0435. The fourth-order valence-electron chi connectivity index (χ4n) is 11.7. The summed E-state index contributed by atoms with van der Waals surface area (Å²) in [6, 6.07) is 62.3. The third-order valence-electron chi connectivity index (χ3n) is 16.6. The normalized spacial score (nSPS) is 25.1. The number of benzene rings is 8. The number of fused-ring (bicyclic) bond motifs is 1. The molecule has 0 amide bonds. The van der Waals surface area contributed by atoms with Gasteiger partial charge in [0, 0.05) is 0 Å². The van der Waals surface area contributed by atoms with E-state index in [1.807, 2.05) is 0 Å². The van der Waals surface area contributed by atoms with Crippen molar-refractivity contribution in [3.8, 4) is 0 Å². The van der Waals surface area contributed by atoms with Crippen molar-refractivity contribution in [2.75, 3.05) is 19.8 Å². The number of esters is 8. The Hall–Kier alpha value is -10.8. The lowest BCUT2D eigenvalue weighted by molar-refractivity contribution is -0.325. The molecule has 0 spiro atoms. The van der Waals surface area contributed by atoms with Gasteiger partial charge in [-0.3, -0.25) is 0 Å². The average Bonchev–Trinajstić information content (AvgIpc) is 1.70. The summed E-state index contributed by atoms with van der Waals surface area (Å²) in [4.78, 5) is 114. The SMILES string of the molecule is CC1(C)OC2C(O[C@@H]3OC(COC(=O)c4ccccc4)[C@@H](OC(=O)c4ccccc4)C(OC(=O)c4ccccc4)C3OC(=O)c3ccccc3)[C@@H](C(O)CO[C@@H]3OC(COC(=O)c4ccccc4)[C@@H](OC(=O)c4ccccc4)C(OC(=O)c4ccccc4)C3OC(=O)c3ccccc3)O[C@@H]2O1. The van der Waals surface area contributed by atoms with Gasteiger partial charge in [-0.25, -0.2) is 38.4 Å². The van der Waals surface area contributed by atoms with E-state index in [0.717, 1.165) is 0 Å². The van der Waals surface area contributed by atoms with Gasteiger partial charge in [0.25, 0.3) is 0 Å². The van der Waals surface area contributed by atoms with Crippen LogP contribution in [0.1, 0.15) is 96.7 Å². The average molecular weight is 1380 g/mol. The Labute approximate surface area is 578 Å². The third kappa shape index (κ3) is 17.3. The highest BCUT2D eigenvalue weighted by Crippen LogP contribution is 2.43. The molecule has 4 aliphatic heterocycles. The first-order chi connectivity index (χ1) is 49.0. The third-order valence-corrected chi connectivity index (χ3v) is 16.6. The molecule has 15 atom stereocenters. The summed E-state index contributed by atoms with van der Waals surface area (Å²) in [6.45, 7) is 0.859. The molecule has 1 N–H and O–H groups in total. The Morgan fingerprint density at radius 3 is 0.950 bits per heavy atom. The largest absolute Gasteiger partial charge is 0.459 e. The van der Waals surface area contributed by atoms with Crippen LogP contribution in [0.25, 0.3) is 0 Å². The number of carbonyl (C=O) groups is 8. The molecule has 101 heavy (non-hydrogen) atoms. The van der Waals surface area contributed by atoms with Crippen molar-refractivity contribution in [1.82, 2.24) is 0 Å². The Morgan fingerprint density at radius 1 is 0.347 bits per heavy atom. The number of aliphatic hydroxyl groups is 1. The predicted molar refractivity (Wildman–Crippen MR) is 350 cm³/mol. The van der Waals surface area contributed by atoms with E-state index in [1.54, 1.807) is 159 Å². The van der Waals surface area contributed by atoms with Crippen LogP contribution >= 0.6 is 0 Å². The van der Waals surface area contributed by atoms with E-state index < -0.39 is 165 Å². The van der Waals surface area contributed by atoms with Crippen LogP contribution in [0.4, 0.5) is 0 Å². The van der Waals surface area contributed by atoms with Gasteiger partial charge in [0.2, 0.25) is 0 Å². The fraction of sp³-hybridized carbons (Fsp3) is 0.273. The van der Waals surface area contributed by atoms with Crippen molar-refractivity contribution in [3.63, 3.8) is 0 Å². The molecule has 8 aromatic rings. The van der Waals surface area contributed by atoms with E-state index >= 15 is 0 Å². The van der Waals surface area contributed by atoms with Crippen molar-refractivity contribution in [2.24, 2.45) is 0 Å². The summed E-state index contributed by atoms with van der Waals surface area (Å²) >= 11 is 0. The summed E-state index contributed by atoms with van der Waals surface area (Å²) < 4.78 is 95.3. The smallest absolute Gasteiger partial charge is 0.338 e. The lowest BCUT2D eigenvalue weighted by Gasteiger charge is -2.45. The van der Waals surface area contributed by atoms with Crippen LogP contribution in [-0.2, 0) is 71.1 Å². The Morgan fingerprint density at radius 2 is 0.624 bits per heavy atom. The molecular weight excluding hydrogens is 1310 g/mol. The number of hydrogen-bond acceptors (Lipinski definition) is 24. The lowest BCUT2D eigenvalue weighted by atomic mass is 9.97. The summed E-state index contributed by atoms with van der Waals surface area (Å²) in [5.41, 5.74) is 0.399. The van der Waals surface area contributed by atoms with Crippen LogP contribution in [0.2, 0.25) is 0 Å². The van der Waals surface area contributed by atoms with Crippen molar-refractivity contribution >= 4 is 47.8 Å². The molecule has 0 aliphatic carbocycles. The van der Waals surface area contributed by atoms with E-state index in [4.69, 9.17) is 71.1 Å². The zero-order valence-electron chi connectivity index (χ0n) is 54.2. The number of aliphatic hydroxyl groups excluding tert-OH is 1. The Kier molecular flexibility index (Phi) is 22.5. The topological polar surface area (TPSA) is 295 Å². The Bertz CT molecular complexity index is 4120. The number of ether oxygens (including phenoxy) is 15. The standard InChI is InChI=1S/C77H68O24/c1-77(2)100-65-60(99-75-64(97-73(86)53-41-25-10-26-42-53)62(95-71(84)51-37-21-8-22-38-51)59(93-69(82)49-33-17-6-18-34-49)56(91-75)45-88-67(80)47-29-13-4-14-30-47)57(98-76(65)101-77)54(78)43-89-74-63(96-72(85)52-39-23-9-24-40-52)61(94-70(83)50-35-19-7-20-36-50)58(92-68(81)48-31-15-5-16-32-48)55(90-74)44-87-66(79)46-27-11-3-12-28-46/h3-42,54-65,74-76,78H,43-45H2,1-2H3/t54?,55?,56?,57-,58-,59-,60?,61?,62?,63?,64?,65?,74-,75+,76-/m1/s1. The van der Waals surface area contributed by atoms with Gasteiger partial charge in [0.1, 0.15) is 49.8 Å². The fourth-order valence-corrected chi connectivity index (χ4v) is 11.7. The molecule has 0 aromatic heterocycles. The van der Waals surface area contributed by atoms with Gasteiger partial charge in [-0.15, -0.1) is 0 Å². The predicted octanol–water partition coefficient (Wildman–Crippen LogP) is 9.14. The minimum absolute atomic E-state index is 0.00662. The maximum absolute atomic E-state index is 14.6. The molecular formula is C77H68O24. The van der Waals surface area contributed by atoms with E-state index in [2.05, 4.69) is 0 Å². The second-order valence-corrected chi connectivity index (χ2v) is 24.0. The molecule has 0 bridgehead atoms. The van der Waals surface area contributed by atoms with Gasteiger partial charge in [0.05, 0.1) is 51.1 Å². The second-order valence-electron chi connectivity index (χ2n) is 24.0. The summed E-state index contributed by atoms with van der Waals surface area (Å²) in [5, 5.41) is 12.8. The van der Waals surface area contributed by atoms with Crippen LogP contribution < -0.4 is 0 Å². The molecule has 0 saturated carbocycles. The van der Waals surface area contributed by atoms with Gasteiger partial charge < -0.3 is 76.2 Å². The molecule has 4 fully saturated rings. The van der Waals surface area contributed by atoms with E-state index in [9.17, 15) is 43.5 Å².